The van der Waals surface area contributed by atoms with Crippen LogP contribution < -0.4 is 15.6 Å². The highest BCUT2D eigenvalue weighted by Crippen LogP contribution is 2.21. The summed E-state index contributed by atoms with van der Waals surface area (Å²) in [6.07, 6.45) is -0.805. The molecule has 0 heterocycles. The first-order valence-corrected chi connectivity index (χ1v) is 9.40. The molecule has 28 heavy (non-hydrogen) atoms. The topological polar surface area (TPSA) is 67.4 Å². The van der Waals surface area contributed by atoms with E-state index in [0.717, 1.165) is 10.8 Å². The molecule has 2 N–H and O–H groups in total. The summed E-state index contributed by atoms with van der Waals surface area (Å²) in [6.45, 7) is 1.59. The molecule has 1 unspecified atom stereocenters. The predicted octanol–water partition coefficient (Wildman–Crippen LogP) is 3.90. The van der Waals surface area contributed by atoms with Crippen LogP contribution in [0.2, 0.25) is 0 Å². The van der Waals surface area contributed by atoms with Crippen LogP contribution in [0.1, 0.15) is 12.5 Å². The van der Waals surface area contributed by atoms with E-state index < -0.39 is 23.7 Å². The highest BCUT2D eigenvalue weighted by atomic mass is 79.9. The van der Waals surface area contributed by atoms with Gasteiger partial charge >= 0.3 is 0 Å². The third-order valence-corrected chi connectivity index (χ3v) is 4.68. The lowest BCUT2D eigenvalue weighted by Crippen LogP contribution is -2.47. The van der Waals surface area contributed by atoms with Gasteiger partial charge in [-0.25, -0.2) is 4.39 Å². The minimum Gasteiger partial charge on any atom is -0.481 e. The number of carbonyl (C=O) groups excluding carboxylic acids is 2. The molecule has 0 spiro atoms. The summed E-state index contributed by atoms with van der Waals surface area (Å²) in [4.78, 5) is 24.1. The molecule has 0 aliphatic heterocycles. The fourth-order valence-corrected chi connectivity index (χ4v) is 3.04. The monoisotopic (exact) mass is 444 g/mol. The molecule has 0 aliphatic carbocycles. The standard InChI is InChI=1S/C21H18BrFN2O3/c1-13(28-17-8-7-15-4-2-3-5-16(15)12-17)21(27)25-24-20(26)11-14-6-9-19(23)18(22)10-14/h2-10,12-13H,11H2,1H3,(H,24,26)(H,25,27). The Morgan fingerprint density at radius 3 is 2.54 bits per heavy atom. The lowest BCUT2D eigenvalue weighted by Gasteiger charge is -2.15. The summed E-state index contributed by atoms with van der Waals surface area (Å²) in [6, 6.07) is 17.7. The van der Waals surface area contributed by atoms with Crippen molar-refractivity contribution in [2.75, 3.05) is 0 Å². The molecule has 5 nitrogen and oxygen atoms in total. The fraction of sp³-hybridized carbons (Fsp3) is 0.143. The van der Waals surface area contributed by atoms with Crippen LogP contribution in [0.5, 0.6) is 5.75 Å². The second kappa shape index (κ2) is 8.84. The molecule has 2 amide bonds. The molecule has 0 fully saturated rings. The van der Waals surface area contributed by atoms with Crippen LogP contribution in [0.3, 0.4) is 0 Å². The zero-order valence-corrected chi connectivity index (χ0v) is 16.6. The lowest BCUT2D eigenvalue weighted by atomic mass is 10.1. The molecule has 3 aromatic carbocycles. The van der Waals surface area contributed by atoms with E-state index in [1.54, 1.807) is 13.0 Å². The number of carbonyl (C=O) groups is 2. The smallest absolute Gasteiger partial charge is 0.279 e. The van der Waals surface area contributed by atoms with Gasteiger partial charge in [0.15, 0.2) is 6.10 Å². The van der Waals surface area contributed by atoms with Gasteiger partial charge in [-0.3, -0.25) is 20.4 Å². The van der Waals surface area contributed by atoms with E-state index in [2.05, 4.69) is 26.8 Å². The van der Waals surface area contributed by atoms with Gasteiger partial charge in [-0.1, -0.05) is 36.4 Å². The van der Waals surface area contributed by atoms with E-state index in [-0.39, 0.29) is 10.9 Å². The van der Waals surface area contributed by atoms with E-state index in [1.807, 2.05) is 36.4 Å². The zero-order chi connectivity index (χ0) is 20.1. The Labute approximate surface area is 170 Å². The van der Waals surface area contributed by atoms with Crippen molar-refractivity contribution in [1.82, 2.24) is 10.9 Å². The van der Waals surface area contributed by atoms with Gasteiger partial charge in [-0.05, 0) is 63.5 Å². The first kappa shape index (κ1) is 19.8. The van der Waals surface area contributed by atoms with Crippen molar-refractivity contribution in [3.8, 4) is 5.75 Å². The molecule has 0 aromatic heterocycles. The number of rotatable bonds is 5. The molecular weight excluding hydrogens is 427 g/mol. The van der Waals surface area contributed by atoms with Crippen molar-refractivity contribution in [2.45, 2.75) is 19.4 Å². The first-order chi connectivity index (χ1) is 13.4. The largest absolute Gasteiger partial charge is 0.481 e. The van der Waals surface area contributed by atoms with Crippen LogP contribution in [0.4, 0.5) is 4.39 Å². The molecule has 0 saturated heterocycles. The van der Waals surface area contributed by atoms with Gasteiger partial charge in [0.25, 0.3) is 5.91 Å². The van der Waals surface area contributed by atoms with Crippen LogP contribution in [-0.2, 0) is 16.0 Å². The maximum absolute atomic E-state index is 13.2. The van der Waals surface area contributed by atoms with Crippen molar-refractivity contribution in [3.63, 3.8) is 0 Å². The molecule has 144 valence electrons. The van der Waals surface area contributed by atoms with Gasteiger partial charge in [0.1, 0.15) is 11.6 Å². The van der Waals surface area contributed by atoms with E-state index in [1.165, 1.54) is 18.2 Å². The first-order valence-electron chi connectivity index (χ1n) is 8.60. The number of hydrogen-bond acceptors (Lipinski definition) is 3. The van der Waals surface area contributed by atoms with E-state index in [0.29, 0.717) is 11.3 Å². The SMILES string of the molecule is CC(Oc1ccc2ccccc2c1)C(=O)NNC(=O)Cc1ccc(F)c(Br)c1. The number of fused-ring (bicyclic) bond motifs is 1. The molecule has 0 radical (unpaired) electrons. The predicted molar refractivity (Wildman–Crippen MR) is 108 cm³/mol. The molecule has 7 heteroatoms. The van der Waals surface area contributed by atoms with Crippen molar-refractivity contribution in [3.05, 3.63) is 76.5 Å². The van der Waals surface area contributed by atoms with E-state index >= 15 is 0 Å². The van der Waals surface area contributed by atoms with Crippen molar-refractivity contribution < 1.29 is 18.7 Å². The summed E-state index contributed by atoms with van der Waals surface area (Å²) in [5.41, 5.74) is 5.28. The van der Waals surface area contributed by atoms with Crippen molar-refractivity contribution in [2.24, 2.45) is 0 Å². The van der Waals surface area contributed by atoms with Crippen LogP contribution in [0.15, 0.2) is 65.1 Å². The van der Waals surface area contributed by atoms with Crippen LogP contribution >= 0.6 is 15.9 Å². The maximum atomic E-state index is 13.2. The molecule has 3 aromatic rings. The summed E-state index contributed by atoms with van der Waals surface area (Å²) >= 11 is 3.07. The second-order valence-corrected chi connectivity index (χ2v) is 7.09. The molecule has 0 aliphatic rings. The van der Waals surface area contributed by atoms with Crippen molar-refractivity contribution in [1.29, 1.82) is 0 Å². The van der Waals surface area contributed by atoms with Crippen LogP contribution in [-0.4, -0.2) is 17.9 Å². The van der Waals surface area contributed by atoms with Gasteiger partial charge < -0.3 is 4.74 Å². The Balaban J connectivity index is 1.51. The number of hydrogen-bond donors (Lipinski definition) is 2. The average Bonchev–Trinajstić information content (AvgIpc) is 2.69. The van der Waals surface area contributed by atoms with Gasteiger partial charge in [0.2, 0.25) is 5.91 Å². The van der Waals surface area contributed by atoms with Gasteiger partial charge in [-0.15, -0.1) is 0 Å². The second-order valence-electron chi connectivity index (χ2n) is 6.23. The summed E-state index contributed by atoms with van der Waals surface area (Å²) in [7, 11) is 0. The van der Waals surface area contributed by atoms with Gasteiger partial charge in [0.05, 0.1) is 10.9 Å². The highest BCUT2D eigenvalue weighted by Gasteiger charge is 2.16. The third kappa shape index (κ3) is 5.07. The van der Waals surface area contributed by atoms with Crippen molar-refractivity contribution >= 4 is 38.5 Å². The number of hydrazine groups is 1. The Morgan fingerprint density at radius 2 is 1.79 bits per heavy atom. The number of amides is 2. The highest BCUT2D eigenvalue weighted by molar-refractivity contribution is 9.10. The maximum Gasteiger partial charge on any atom is 0.279 e. The van der Waals surface area contributed by atoms with E-state index in [9.17, 15) is 14.0 Å². The van der Waals surface area contributed by atoms with Gasteiger partial charge in [0, 0.05) is 0 Å². The number of nitrogens with one attached hydrogen (secondary N) is 2. The normalized spacial score (nSPS) is 11.7. The average molecular weight is 445 g/mol. The number of benzene rings is 3. The Hall–Kier alpha value is -2.93. The minimum absolute atomic E-state index is 0.000920. The molecule has 0 saturated carbocycles. The third-order valence-electron chi connectivity index (χ3n) is 4.08. The molecule has 1 atom stereocenters. The van der Waals surface area contributed by atoms with Crippen LogP contribution in [0.25, 0.3) is 10.8 Å². The molecule has 0 bridgehead atoms. The Bertz CT molecular complexity index is 1030. The van der Waals surface area contributed by atoms with Crippen LogP contribution in [0, 0.1) is 5.82 Å². The summed E-state index contributed by atoms with van der Waals surface area (Å²) < 4.78 is 19.2. The lowest BCUT2D eigenvalue weighted by molar-refractivity contribution is -0.132. The Morgan fingerprint density at radius 1 is 1.04 bits per heavy atom. The minimum atomic E-state index is -0.804. The molecule has 3 rings (SSSR count). The summed E-state index contributed by atoms with van der Waals surface area (Å²) in [5, 5.41) is 2.08. The zero-order valence-electron chi connectivity index (χ0n) is 15.0. The van der Waals surface area contributed by atoms with Gasteiger partial charge in [-0.2, -0.15) is 0 Å². The number of ether oxygens (including phenoxy) is 1. The molecular formula is C21H18BrFN2O3. The summed E-state index contributed by atoms with van der Waals surface area (Å²) in [5.74, 6) is -0.757. The van der Waals surface area contributed by atoms with E-state index in [4.69, 9.17) is 4.74 Å². The fourth-order valence-electron chi connectivity index (χ4n) is 2.61. The Kier molecular flexibility index (Phi) is 6.26. The quantitative estimate of drug-likeness (QED) is 0.586. The number of halogens is 2.